The molecule has 0 spiro atoms. The van der Waals surface area contributed by atoms with Crippen LogP contribution in [-0.2, 0) is 58.4 Å². The topological polar surface area (TPSA) is 133 Å². The van der Waals surface area contributed by atoms with Crippen molar-refractivity contribution in [2.45, 2.75) is 216 Å². The number of hydrogen-bond acceptors (Lipinski definition) is 11. The van der Waals surface area contributed by atoms with E-state index in [4.69, 9.17) is 32.0 Å². The number of ether oxygens (including phenoxy) is 4. The van der Waals surface area contributed by atoms with Crippen LogP contribution in [-0.4, -0.2) is 108 Å². The lowest BCUT2D eigenvalue weighted by Gasteiger charge is -2.42. The molecule has 0 amide bonds. The van der Waals surface area contributed by atoms with Gasteiger partial charge in [0.15, 0.2) is 32.8 Å². The Hall–Kier alpha value is -1.25. The van der Waals surface area contributed by atoms with Gasteiger partial charge in [0.25, 0.3) is 10.1 Å². The van der Waals surface area contributed by atoms with Gasteiger partial charge in [-0.25, -0.2) is 8.42 Å². The van der Waals surface area contributed by atoms with Gasteiger partial charge in [0.2, 0.25) is 0 Å². The molecule has 4 rings (SSSR count). The van der Waals surface area contributed by atoms with Crippen LogP contribution in [0.5, 0.6) is 0 Å². The average Bonchev–Trinajstić information content (AvgIpc) is 3.75. The highest BCUT2D eigenvalue weighted by Crippen LogP contribution is 2.42. The normalized spacial score (nSPS) is 24.3. The van der Waals surface area contributed by atoms with Crippen LogP contribution in [0.2, 0.25) is 36.3 Å². The molecule has 1 aromatic carbocycles. The number of aryl methyl sites for hydroxylation is 1. The van der Waals surface area contributed by atoms with E-state index in [1.165, 1.54) is 0 Å². The fraction of sp³-hybridized carbons (Fsp3) is 0.796. The fourth-order valence-electron chi connectivity index (χ4n) is 8.33. The Bertz CT molecular complexity index is 1860. The minimum absolute atomic E-state index is 0.000925. The van der Waals surface area contributed by atoms with Crippen LogP contribution < -0.4 is 0 Å². The molecule has 3 heterocycles. The van der Waals surface area contributed by atoms with Crippen molar-refractivity contribution in [1.29, 1.82) is 0 Å². The highest BCUT2D eigenvalue weighted by molar-refractivity contribution is 7.91. The third kappa shape index (κ3) is 17.4. The molecule has 1 aromatic rings. The zero-order chi connectivity index (χ0) is 47.7. The molecule has 0 saturated carbocycles. The summed E-state index contributed by atoms with van der Waals surface area (Å²) in [5, 5.41) is 0.0419. The predicted octanol–water partition coefficient (Wildman–Crippen LogP) is 11.1. The molecule has 1 unspecified atom stereocenters. The van der Waals surface area contributed by atoms with Gasteiger partial charge in [-0.2, -0.15) is 8.42 Å². The molecule has 3 aliphatic heterocycles. The third-order valence-electron chi connectivity index (χ3n) is 14.4. The van der Waals surface area contributed by atoms with Gasteiger partial charge in [-0.3, -0.25) is 4.18 Å². The molecule has 0 aliphatic carbocycles. The van der Waals surface area contributed by atoms with Crippen molar-refractivity contribution in [3.63, 3.8) is 0 Å². The summed E-state index contributed by atoms with van der Waals surface area (Å²) in [5.74, 6) is -0.238. The maximum absolute atomic E-state index is 14.0. The molecule has 7 atom stereocenters. The molecular formula is C49H86O11S2Si2. The summed E-state index contributed by atoms with van der Waals surface area (Å²) in [4.78, 5) is 0.334. The van der Waals surface area contributed by atoms with Crippen molar-refractivity contribution >= 4 is 36.6 Å². The van der Waals surface area contributed by atoms with Crippen molar-refractivity contribution in [2.75, 3.05) is 31.8 Å². The van der Waals surface area contributed by atoms with Crippen molar-refractivity contribution in [2.24, 2.45) is 5.92 Å². The molecule has 0 N–H and O–H groups in total. The minimum Gasteiger partial charge on any atom is -0.414 e. The second-order valence-electron chi connectivity index (χ2n) is 21.9. The highest BCUT2D eigenvalue weighted by Gasteiger charge is 2.44. The molecule has 15 heteroatoms. The van der Waals surface area contributed by atoms with Crippen LogP contribution in [0.1, 0.15) is 131 Å². The van der Waals surface area contributed by atoms with Crippen molar-refractivity contribution in [3.8, 4) is 0 Å². The summed E-state index contributed by atoms with van der Waals surface area (Å²) in [6, 6.07) is 7.24. The van der Waals surface area contributed by atoms with Gasteiger partial charge in [-0.05, 0) is 130 Å². The Morgan fingerprint density at radius 2 is 1.47 bits per heavy atom. The Morgan fingerprint density at radius 1 is 0.828 bits per heavy atom. The molecule has 11 nitrogen and oxygen atoms in total. The lowest BCUT2D eigenvalue weighted by molar-refractivity contribution is -0.184. The molecule has 368 valence electrons. The monoisotopic (exact) mass is 971 g/mol. The Labute approximate surface area is 391 Å². The van der Waals surface area contributed by atoms with Gasteiger partial charge in [0.1, 0.15) is 0 Å². The standard InChI is InChI=1S/C49H86O11S2Si2/c1-15-38-19-24-44(25-20-38)62(52,53)35-39-32-42(33-43(60-64(13,14)49(7,8)9)34-56-63(11,12)48(4,5)6)58-46(39)26-18-36(2)17-21-40(59-61(10,50)51)22-27-45-37(3)31-41(57-45)23-28-47-54-29-16-30-55-47/h19-20,24-25,39-43,45-47H,2-3,15-18,21-23,26-35H2,1,4-14H3/t39-,40-,41-,42-,43?,45-,46-/m0/s1. The number of rotatable bonds is 25. The van der Waals surface area contributed by atoms with Gasteiger partial charge < -0.3 is 27.8 Å². The van der Waals surface area contributed by atoms with E-state index in [1.54, 1.807) is 12.1 Å². The van der Waals surface area contributed by atoms with Gasteiger partial charge in [0, 0.05) is 18.8 Å². The Kier molecular flexibility index (Phi) is 20.2. The average molecular weight is 972 g/mol. The largest absolute Gasteiger partial charge is 0.414 e. The lowest BCUT2D eigenvalue weighted by atomic mass is 9.93. The number of hydrogen-bond donors (Lipinski definition) is 0. The van der Waals surface area contributed by atoms with E-state index >= 15 is 0 Å². The molecule has 3 fully saturated rings. The smallest absolute Gasteiger partial charge is 0.264 e. The first-order chi connectivity index (χ1) is 29.6. The molecule has 3 aliphatic rings. The quantitative estimate of drug-likeness (QED) is 0.0527. The summed E-state index contributed by atoms with van der Waals surface area (Å²) >= 11 is 0. The highest BCUT2D eigenvalue weighted by atomic mass is 32.2. The SMILES string of the molecule is C=C(CC[C@@H](CC[C@@H]1O[C@@H](CCC2OCCCO2)CC1=C)OS(C)(=O)=O)CC[C@@H]1O[C@H](CC(CO[Si](C)(C)C(C)(C)C)O[Si](C)(C)C(C)(C)C)C[C@H]1CS(=O)(=O)c1ccc(CC)cc1. The van der Waals surface area contributed by atoms with E-state index in [0.717, 1.165) is 68.3 Å². The van der Waals surface area contributed by atoms with Crippen LogP contribution in [0.3, 0.4) is 0 Å². The summed E-state index contributed by atoms with van der Waals surface area (Å²) in [6.07, 6.45) is 8.19. The van der Waals surface area contributed by atoms with E-state index in [2.05, 4.69) is 87.8 Å². The number of benzene rings is 1. The van der Waals surface area contributed by atoms with E-state index in [-0.39, 0.29) is 58.6 Å². The molecular weight excluding hydrogens is 885 g/mol. The summed E-state index contributed by atoms with van der Waals surface area (Å²) in [6.45, 7) is 35.1. The molecule has 64 heavy (non-hydrogen) atoms. The Balaban J connectivity index is 1.43. The van der Waals surface area contributed by atoms with Crippen LogP contribution in [0.25, 0.3) is 0 Å². The van der Waals surface area contributed by atoms with Gasteiger partial charge in [0.05, 0.1) is 73.3 Å². The van der Waals surface area contributed by atoms with E-state index in [0.29, 0.717) is 62.9 Å². The predicted molar refractivity (Wildman–Crippen MR) is 263 cm³/mol. The number of allylic oxidation sites excluding steroid dienone is 1. The zero-order valence-electron chi connectivity index (χ0n) is 41.7. The van der Waals surface area contributed by atoms with Crippen LogP contribution >= 0.6 is 0 Å². The first-order valence-electron chi connectivity index (χ1n) is 24.0. The maximum atomic E-state index is 14.0. The molecule has 0 aromatic heterocycles. The summed E-state index contributed by atoms with van der Waals surface area (Å²) in [5.41, 5.74) is 3.05. The van der Waals surface area contributed by atoms with Crippen LogP contribution in [0, 0.1) is 5.92 Å². The van der Waals surface area contributed by atoms with Crippen molar-refractivity contribution in [3.05, 3.63) is 54.1 Å². The van der Waals surface area contributed by atoms with Gasteiger partial charge >= 0.3 is 0 Å². The summed E-state index contributed by atoms with van der Waals surface area (Å²) in [7, 11) is -11.6. The molecule has 3 saturated heterocycles. The van der Waals surface area contributed by atoms with Crippen molar-refractivity contribution in [1.82, 2.24) is 0 Å². The fourth-order valence-corrected chi connectivity index (χ4v) is 13.1. The second kappa shape index (κ2) is 23.4. The van der Waals surface area contributed by atoms with Crippen LogP contribution in [0.4, 0.5) is 0 Å². The lowest BCUT2D eigenvalue weighted by Crippen LogP contribution is -2.48. The number of sulfone groups is 1. The second-order valence-corrected chi connectivity index (χ2v) is 35.1. The first-order valence-corrected chi connectivity index (χ1v) is 33.3. The molecule has 0 bridgehead atoms. The van der Waals surface area contributed by atoms with E-state index < -0.39 is 42.7 Å². The third-order valence-corrected chi connectivity index (χ3v) is 25.9. The van der Waals surface area contributed by atoms with Crippen LogP contribution in [0.15, 0.2) is 53.5 Å². The Morgan fingerprint density at radius 3 is 2.06 bits per heavy atom. The maximum Gasteiger partial charge on any atom is 0.264 e. The molecule has 0 radical (unpaired) electrons. The first kappa shape index (κ1) is 55.4. The zero-order valence-corrected chi connectivity index (χ0v) is 45.3. The van der Waals surface area contributed by atoms with E-state index in [9.17, 15) is 16.8 Å². The van der Waals surface area contributed by atoms with Crippen molar-refractivity contribution < 1.29 is 48.8 Å². The summed E-state index contributed by atoms with van der Waals surface area (Å²) < 4.78 is 96.9. The van der Waals surface area contributed by atoms with Gasteiger partial charge in [-0.15, -0.1) is 0 Å². The van der Waals surface area contributed by atoms with E-state index in [1.807, 2.05) is 12.1 Å². The minimum atomic E-state index is -3.71. The van der Waals surface area contributed by atoms with Gasteiger partial charge in [-0.1, -0.05) is 79.3 Å².